The number of aliphatic carboxylic acids is 1. The van der Waals surface area contributed by atoms with Gasteiger partial charge in [0.25, 0.3) is 0 Å². The van der Waals surface area contributed by atoms with Gasteiger partial charge >= 0.3 is 5.97 Å². The number of carboxylic acids is 1. The molecule has 2 rings (SSSR count). The van der Waals surface area contributed by atoms with Crippen LogP contribution in [0.3, 0.4) is 0 Å². The van der Waals surface area contributed by atoms with Gasteiger partial charge in [0.1, 0.15) is 18.1 Å². The molecule has 0 saturated heterocycles. The van der Waals surface area contributed by atoms with Gasteiger partial charge in [-0.2, -0.15) is 0 Å². The van der Waals surface area contributed by atoms with Gasteiger partial charge in [0.2, 0.25) is 17.7 Å². The van der Waals surface area contributed by atoms with E-state index in [1.165, 1.54) is 6.92 Å². The van der Waals surface area contributed by atoms with Crippen LogP contribution in [-0.4, -0.2) is 57.9 Å². The van der Waals surface area contributed by atoms with Crippen LogP contribution in [0.2, 0.25) is 0 Å². The van der Waals surface area contributed by atoms with Crippen LogP contribution in [0.25, 0.3) is 10.9 Å². The lowest BCUT2D eigenvalue weighted by atomic mass is 9.99. The summed E-state index contributed by atoms with van der Waals surface area (Å²) < 4.78 is 0. The summed E-state index contributed by atoms with van der Waals surface area (Å²) in [6.07, 6.45) is 2.49. The van der Waals surface area contributed by atoms with Gasteiger partial charge in [-0.25, -0.2) is 4.79 Å². The number of hydrogen-bond acceptors (Lipinski definition) is 5. The van der Waals surface area contributed by atoms with Crippen LogP contribution in [0.4, 0.5) is 0 Å². The number of amides is 3. The van der Waals surface area contributed by atoms with Crippen LogP contribution in [0.1, 0.15) is 53.0 Å². The van der Waals surface area contributed by atoms with Crippen molar-refractivity contribution in [1.29, 1.82) is 0 Å². The summed E-state index contributed by atoms with van der Waals surface area (Å²) in [5.74, 6) is -2.64. The number of nitrogens with one attached hydrogen (secondary N) is 4. The molecular weight excluding hydrogens is 462 g/mol. The zero-order valence-corrected chi connectivity index (χ0v) is 21.6. The van der Waals surface area contributed by atoms with Crippen LogP contribution >= 0.6 is 0 Å². The number of nitrogens with two attached hydrogens (primary N) is 1. The third kappa shape index (κ3) is 8.37. The third-order valence-electron chi connectivity index (χ3n) is 5.81. The summed E-state index contributed by atoms with van der Waals surface area (Å²) in [5, 5.41) is 18.5. The fraction of sp³-hybridized carbons (Fsp3) is 0.538. The fourth-order valence-corrected chi connectivity index (χ4v) is 3.97. The number of para-hydroxylation sites is 1. The maximum atomic E-state index is 13.3. The predicted octanol–water partition coefficient (Wildman–Crippen LogP) is 1.69. The molecule has 1 heterocycles. The van der Waals surface area contributed by atoms with E-state index in [9.17, 15) is 24.3 Å². The van der Waals surface area contributed by atoms with Crippen molar-refractivity contribution < 1.29 is 24.3 Å². The van der Waals surface area contributed by atoms with Gasteiger partial charge in [-0.05, 0) is 43.2 Å². The maximum absolute atomic E-state index is 13.3. The van der Waals surface area contributed by atoms with Crippen molar-refractivity contribution in [2.75, 3.05) is 0 Å². The number of fused-ring (bicyclic) bond motifs is 1. The first kappa shape index (κ1) is 28.8. The summed E-state index contributed by atoms with van der Waals surface area (Å²) in [4.78, 5) is 53.7. The Labute approximate surface area is 211 Å². The second-order valence-corrected chi connectivity index (χ2v) is 10.1. The largest absolute Gasteiger partial charge is 0.480 e. The van der Waals surface area contributed by atoms with Crippen LogP contribution in [0.5, 0.6) is 0 Å². The van der Waals surface area contributed by atoms with E-state index < -0.39 is 47.9 Å². The average molecular weight is 502 g/mol. The molecule has 0 bridgehead atoms. The highest BCUT2D eigenvalue weighted by Gasteiger charge is 2.31. The Morgan fingerprint density at radius 2 is 1.36 bits per heavy atom. The second kappa shape index (κ2) is 13.1. The van der Waals surface area contributed by atoms with E-state index in [0.717, 1.165) is 16.5 Å². The zero-order valence-electron chi connectivity index (χ0n) is 21.6. The molecule has 7 N–H and O–H groups in total. The van der Waals surface area contributed by atoms with E-state index in [2.05, 4.69) is 20.9 Å². The van der Waals surface area contributed by atoms with Crippen molar-refractivity contribution in [3.63, 3.8) is 0 Å². The number of aromatic nitrogens is 1. The standard InChI is InChI=1S/C26H39N5O5/c1-14(2)10-20(29-23(32)16(5)27)24(33)30-21(25(34)31-22(26(35)36)11-15(3)4)12-17-13-28-19-9-7-6-8-18(17)19/h6-9,13-16,20-22,28H,10-12,27H2,1-5H3,(H,29,32)(H,30,33)(H,31,34)(H,35,36). The molecule has 198 valence electrons. The first-order chi connectivity index (χ1) is 16.9. The molecule has 1 aromatic carbocycles. The zero-order chi connectivity index (χ0) is 27.0. The molecule has 4 atom stereocenters. The summed E-state index contributed by atoms with van der Waals surface area (Å²) in [6, 6.07) is 3.71. The Hall–Kier alpha value is -3.40. The molecule has 0 aliphatic carbocycles. The molecule has 10 heteroatoms. The third-order valence-corrected chi connectivity index (χ3v) is 5.81. The number of carbonyl (C=O) groups is 4. The van der Waals surface area contributed by atoms with E-state index in [-0.39, 0.29) is 24.7 Å². The van der Waals surface area contributed by atoms with Gasteiger partial charge in [-0.3, -0.25) is 14.4 Å². The van der Waals surface area contributed by atoms with Crippen LogP contribution in [-0.2, 0) is 25.6 Å². The SMILES string of the molecule is CC(C)CC(NC(=O)C(Cc1c[nH]c2ccccc12)NC(=O)C(CC(C)C)NC(=O)C(C)N)C(=O)O. The Morgan fingerprint density at radius 1 is 0.833 bits per heavy atom. The molecule has 4 unspecified atom stereocenters. The van der Waals surface area contributed by atoms with Gasteiger partial charge in [-0.15, -0.1) is 0 Å². The summed E-state index contributed by atoms with van der Waals surface area (Å²) in [7, 11) is 0. The molecule has 0 fully saturated rings. The number of carboxylic acid groups (broad SMARTS) is 1. The van der Waals surface area contributed by atoms with Crippen molar-refractivity contribution in [2.24, 2.45) is 17.6 Å². The normalized spacial score (nSPS) is 14.8. The van der Waals surface area contributed by atoms with Crippen molar-refractivity contribution in [3.8, 4) is 0 Å². The summed E-state index contributed by atoms with van der Waals surface area (Å²) in [5.41, 5.74) is 7.33. The lowest BCUT2D eigenvalue weighted by Crippen LogP contribution is -2.57. The second-order valence-electron chi connectivity index (χ2n) is 10.1. The van der Waals surface area contributed by atoms with E-state index >= 15 is 0 Å². The van der Waals surface area contributed by atoms with Crippen molar-refractivity contribution >= 4 is 34.6 Å². The summed E-state index contributed by atoms with van der Waals surface area (Å²) >= 11 is 0. The smallest absolute Gasteiger partial charge is 0.326 e. The first-order valence-electron chi connectivity index (χ1n) is 12.3. The van der Waals surface area contributed by atoms with Gasteiger partial charge in [0.05, 0.1) is 6.04 Å². The molecule has 0 aliphatic rings. The monoisotopic (exact) mass is 501 g/mol. The number of benzene rings is 1. The molecule has 10 nitrogen and oxygen atoms in total. The number of hydrogen-bond donors (Lipinski definition) is 6. The van der Waals surface area contributed by atoms with Gasteiger partial charge in [-0.1, -0.05) is 45.9 Å². The highest BCUT2D eigenvalue weighted by Crippen LogP contribution is 2.19. The highest BCUT2D eigenvalue weighted by atomic mass is 16.4. The molecule has 0 saturated carbocycles. The fourth-order valence-electron chi connectivity index (χ4n) is 3.97. The number of carbonyl (C=O) groups excluding carboxylic acids is 3. The molecule has 3 amide bonds. The van der Waals surface area contributed by atoms with Gasteiger partial charge in [0, 0.05) is 23.5 Å². The molecule has 0 aliphatic heterocycles. The molecule has 2 aromatic rings. The van der Waals surface area contributed by atoms with Crippen LogP contribution in [0.15, 0.2) is 30.5 Å². The van der Waals surface area contributed by atoms with E-state index in [4.69, 9.17) is 5.73 Å². The Kier molecular flexibility index (Phi) is 10.5. The average Bonchev–Trinajstić information content (AvgIpc) is 3.19. The van der Waals surface area contributed by atoms with Gasteiger partial charge < -0.3 is 31.8 Å². The van der Waals surface area contributed by atoms with E-state index in [0.29, 0.717) is 6.42 Å². The number of rotatable bonds is 13. The minimum atomic E-state index is -1.14. The Bertz CT molecular complexity index is 1060. The summed E-state index contributed by atoms with van der Waals surface area (Å²) in [6.45, 7) is 9.08. The lowest BCUT2D eigenvalue weighted by molar-refractivity contribution is -0.142. The first-order valence-corrected chi connectivity index (χ1v) is 12.3. The Morgan fingerprint density at radius 3 is 1.94 bits per heavy atom. The highest BCUT2D eigenvalue weighted by molar-refractivity contribution is 5.94. The van der Waals surface area contributed by atoms with Gasteiger partial charge in [0.15, 0.2) is 0 Å². The van der Waals surface area contributed by atoms with Crippen molar-refractivity contribution in [1.82, 2.24) is 20.9 Å². The van der Waals surface area contributed by atoms with Crippen molar-refractivity contribution in [2.45, 2.75) is 78.0 Å². The predicted molar refractivity (Wildman–Crippen MR) is 138 cm³/mol. The van der Waals surface area contributed by atoms with Crippen molar-refractivity contribution in [3.05, 3.63) is 36.0 Å². The lowest BCUT2D eigenvalue weighted by Gasteiger charge is -2.26. The molecule has 36 heavy (non-hydrogen) atoms. The number of aromatic amines is 1. The molecular formula is C26H39N5O5. The van der Waals surface area contributed by atoms with Crippen LogP contribution < -0.4 is 21.7 Å². The Balaban J connectivity index is 2.33. The maximum Gasteiger partial charge on any atom is 0.326 e. The molecule has 0 radical (unpaired) electrons. The topological polar surface area (TPSA) is 166 Å². The minimum Gasteiger partial charge on any atom is -0.480 e. The van der Waals surface area contributed by atoms with E-state index in [1.807, 2.05) is 52.0 Å². The molecule has 0 spiro atoms. The minimum absolute atomic E-state index is 0.0388. The quantitative estimate of drug-likeness (QED) is 0.244. The van der Waals surface area contributed by atoms with E-state index in [1.54, 1.807) is 6.20 Å². The van der Waals surface area contributed by atoms with Crippen LogP contribution in [0, 0.1) is 11.8 Å². The molecule has 1 aromatic heterocycles. The number of H-pyrrole nitrogens is 1.